The van der Waals surface area contributed by atoms with E-state index in [1.54, 1.807) is 0 Å². The molecule has 1 N–H and O–H groups in total. The summed E-state index contributed by atoms with van der Waals surface area (Å²) in [6.07, 6.45) is 6.78. The van der Waals surface area contributed by atoms with Crippen LogP contribution in [-0.2, 0) is 0 Å². The second kappa shape index (κ2) is 6.10. The molecule has 0 radical (unpaired) electrons. The molecule has 1 aromatic rings. The number of hydrogen-bond acceptors (Lipinski definition) is 2. The van der Waals surface area contributed by atoms with Crippen molar-refractivity contribution >= 4 is 5.69 Å². The van der Waals surface area contributed by atoms with Crippen molar-refractivity contribution in [3.05, 3.63) is 29.8 Å². The SMILES string of the molecule is CCC1CCCC(C#N)(Nc2ccc(C)cc2)CC1. The van der Waals surface area contributed by atoms with Crippen LogP contribution in [-0.4, -0.2) is 5.54 Å². The number of rotatable bonds is 3. The fraction of sp³-hybridized carbons (Fsp3) is 0.588. The first-order valence-corrected chi connectivity index (χ1v) is 7.43. The van der Waals surface area contributed by atoms with Gasteiger partial charge in [-0.15, -0.1) is 0 Å². The summed E-state index contributed by atoms with van der Waals surface area (Å²) in [5.74, 6) is 0.801. The lowest BCUT2D eigenvalue weighted by atomic mass is 9.90. The van der Waals surface area contributed by atoms with Crippen molar-refractivity contribution < 1.29 is 0 Å². The smallest absolute Gasteiger partial charge is 0.125 e. The van der Waals surface area contributed by atoms with E-state index < -0.39 is 0 Å². The van der Waals surface area contributed by atoms with Crippen molar-refractivity contribution in [3.8, 4) is 6.07 Å². The Balaban J connectivity index is 2.10. The standard InChI is InChI=1S/C17H24N2/c1-3-15-5-4-11-17(13-18,12-10-15)19-16-8-6-14(2)7-9-16/h6-9,15,19H,3-5,10-12H2,1-2H3. The number of nitrogens with zero attached hydrogens (tertiary/aromatic N) is 1. The number of benzene rings is 1. The van der Waals surface area contributed by atoms with E-state index in [1.807, 2.05) is 0 Å². The summed E-state index contributed by atoms with van der Waals surface area (Å²) in [5.41, 5.74) is 1.96. The highest BCUT2D eigenvalue weighted by Crippen LogP contribution is 2.34. The Morgan fingerprint density at radius 2 is 2.00 bits per heavy atom. The Kier molecular flexibility index (Phi) is 4.47. The van der Waals surface area contributed by atoms with Gasteiger partial charge in [0, 0.05) is 5.69 Å². The number of aryl methyl sites for hydroxylation is 1. The van der Waals surface area contributed by atoms with Crippen LogP contribution in [0.15, 0.2) is 24.3 Å². The molecule has 2 rings (SSSR count). The van der Waals surface area contributed by atoms with Gasteiger partial charge in [0.25, 0.3) is 0 Å². The third-order valence-corrected chi connectivity index (χ3v) is 4.42. The normalized spacial score (nSPS) is 27.3. The van der Waals surface area contributed by atoms with Crippen LogP contribution in [0.5, 0.6) is 0 Å². The summed E-state index contributed by atoms with van der Waals surface area (Å²) in [5, 5.41) is 13.1. The highest BCUT2D eigenvalue weighted by atomic mass is 15.0. The minimum absolute atomic E-state index is 0.362. The van der Waals surface area contributed by atoms with Gasteiger partial charge in [-0.05, 0) is 50.7 Å². The molecule has 19 heavy (non-hydrogen) atoms. The Morgan fingerprint density at radius 3 is 2.63 bits per heavy atom. The minimum atomic E-state index is -0.362. The van der Waals surface area contributed by atoms with E-state index in [0.717, 1.165) is 30.9 Å². The van der Waals surface area contributed by atoms with Gasteiger partial charge in [-0.2, -0.15) is 5.26 Å². The van der Waals surface area contributed by atoms with Crippen LogP contribution in [0.4, 0.5) is 5.69 Å². The van der Waals surface area contributed by atoms with Crippen molar-refractivity contribution in [1.29, 1.82) is 5.26 Å². The van der Waals surface area contributed by atoms with E-state index in [1.165, 1.54) is 24.8 Å². The fourth-order valence-electron chi connectivity index (χ4n) is 3.00. The van der Waals surface area contributed by atoms with Crippen molar-refractivity contribution in [3.63, 3.8) is 0 Å². The van der Waals surface area contributed by atoms with Gasteiger partial charge in [0.05, 0.1) is 6.07 Å². The fourth-order valence-corrected chi connectivity index (χ4v) is 3.00. The molecule has 0 heterocycles. The molecule has 1 aromatic carbocycles. The molecule has 0 spiro atoms. The van der Waals surface area contributed by atoms with E-state index in [-0.39, 0.29) is 5.54 Å². The lowest BCUT2D eigenvalue weighted by molar-refractivity contribution is 0.436. The third-order valence-electron chi connectivity index (χ3n) is 4.42. The van der Waals surface area contributed by atoms with Crippen molar-refractivity contribution in [2.75, 3.05) is 5.32 Å². The maximum Gasteiger partial charge on any atom is 0.125 e. The molecule has 1 aliphatic rings. The van der Waals surface area contributed by atoms with Gasteiger partial charge in [-0.25, -0.2) is 0 Å². The van der Waals surface area contributed by atoms with Gasteiger partial charge < -0.3 is 5.32 Å². The zero-order chi connectivity index (χ0) is 13.7. The first-order valence-electron chi connectivity index (χ1n) is 7.43. The van der Waals surface area contributed by atoms with E-state index in [2.05, 4.69) is 49.5 Å². The first-order chi connectivity index (χ1) is 9.17. The topological polar surface area (TPSA) is 35.8 Å². The number of anilines is 1. The number of nitrogens with one attached hydrogen (secondary N) is 1. The first kappa shape index (κ1) is 13.9. The Morgan fingerprint density at radius 1 is 1.26 bits per heavy atom. The molecular weight excluding hydrogens is 232 g/mol. The minimum Gasteiger partial charge on any atom is -0.367 e. The van der Waals surface area contributed by atoms with Crippen LogP contribution in [0.1, 0.15) is 51.0 Å². The summed E-state index contributed by atoms with van der Waals surface area (Å²) in [4.78, 5) is 0. The van der Waals surface area contributed by atoms with Gasteiger partial charge in [0.1, 0.15) is 5.54 Å². The zero-order valence-corrected chi connectivity index (χ0v) is 12.1. The average molecular weight is 256 g/mol. The van der Waals surface area contributed by atoms with Crippen molar-refractivity contribution in [1.82, 2.24) is 0 Å². The van der Waals surface area contributed by atoms with Crippen LogP contribution < -0.4 is 5.32 Å². The van der Waals surface area contributed by atoms with Crippen molar-refractivity contribution in [2.45, 2.75) is 57.9 Å². The predicted octanol–water partition coefficient (Wildman–Crippen LogP) is 4.66. The highest BCUT2D eigenvalue weighted by Gasteiger charge is 2.32. The zero-order valence-electron chi connectivity index (χ0n) is 12.1. The molecule has 2 unspecified atom stereocenters. The molecular formula is C17H24N2. The Labute approximate surface area is 116 Å². The van der Waals surface area contributed by atoms with E-state index in [9.17, 15) is 5.26 Å². The second-order valence-electron chi connectivity index (χ2n) is 5.89. The summed E-state index contributed by atoms with van der Waals surface area (Å²) in [6, 6.07) is 10.9. The van der Waals surface area contributed by atoms with Gasteiger partial charge in [-0.3, -0.25) is 0 Å². The molecule has 1 saturated carbocycles. The second-order valence-corrected chi connectivity index (χ2v) is 5.89. The van der Waals surface area contributed by atoms with E-state index >= 15 is 0 Å². The molecule has 1 fully saturated rings. The molecule has 2 atom stereocenters. The third kappa shape index (κ3) is 3.50. The number of hydrogen-bond donors (Lipinski definition) is 1. The van der Waals surface area contributed by atoms with Crippen LogP contribution in [0, 0.1) is 24.2 Å². The molecule has 0 aliphatic heterocycles. The van der Waals surface area contributed by atoms with Crippen LogP contribution >= 0.6 is 0 Å². The lowest BCUT2D eigenvalue weighted by Gasteiger charge is -2.27. The van der Waals surface area contributed by atoms with Crippen LogP contribution in [0.2, 0.25) is 0 Å². The molecule has 2 heteroatoms. The maximum absolute atomic E-state index is 9.63. The molecule has 0 saturated heterocycles. The monoisotopic (exact) mass is 256 g/mol. The molecule has 102 valence electrons. The van der Waals surface area contributed by atoms with Gasteiger partial charge in [-0.1, -0.05) is 37.5 Å². The number of nitriles is 1. The maximum atomic E-state index is 9.63. The van der Waals surface area contributed by atoms with Crippen LogP contribution in [0.3, 0.4) is 0 Å². The van der Waals surface area contributed by atoms with Gasteiger partial charge in [0.2, 0.25) is 0 Å². The van der Waals surface area contributed by atoms with E-state index in [4.69, 9.17) is 0 Å². The molecule has 1 aliphatic carbocycles. The van der Waals surface area contributed by atoms with Crippen LogP contribution in [0.25, 0.3) is 0 Å². The average Bonchev–Trinajstić information content (AvgIpc) is 2.64. The predicted molar refractivity (Wildman–Crippen MR) is 80.0 cm³/mol. The Hall–Kier alpha value is -1.49. The molecule has 2 nitrogen and oxygen atoms in total. The summed E-state index contributed by atoms with van der Waals surface area (Å²) >= 11 is 0. The Bertz CT molecular complexity index is 443. The quantitative estimate of drug-likeness (QED) is 0.798. The summed E-state index contributed by atoms with van der Waals surface area (Å²) in [7, 11) is 0. The highest BCUT2D eigenvalue weighted by molar-refractivity contribution is 5.48. The summed E-state index contributed by atoms with van der Waals surface area (Å²) < 4.78 is 0. The lowest BCUT2D eigenvalue weighted by Crippen LogP contribution is -2.36. The van der Waals surface area contributed by atoms with Gasteiger partial charge in [0.15, 0.2) is 0 Å². The summed E-state index contributed by atoms with van der Waals surface area (Å²) in [6.45, 7) is 4.35. The van der Waals surface area contributed by atoms with Gasteiger partial charge >= 0.3 is 0 Å². The molecule has 0 amide bonds. The molecule has 0 aromatic heterocycles. The molecule has 0 bridgehead atoms. The van der Waals surface area contributed by atoms with E-state index in [0.29, 0.717) is 0 Å². The van der Waals surface area contributed by atoms with Crippen molar-refractivity contribution in [2.24, 2.45) is 5.92 Å². The largest absolute Gasteiger partial charge is 0.367 e.